The summed E-state index contributed by atoms with van der Waals surface area (Å²) in [6.07, 6.45) is 4.04. The van der Waals surface area contributed by atoms with Crippen molar-refractivity contribution in [2.75, 3.05) is 26.7 Å². The van der Waals surface area contributed by atoms with Crippen LogP contribution in [0.4, 0.5) is 0 Å². The lowest BCUT2D eigenvalue weighted by atomic mass is 10.00. The standard InChI is InChI=1S/C27H36N4O3/c1-19(2)9-8-10-22-13-24-26(29-14-22)34-25(17-30(5)16-23-11-6-7-12-28-23)20(3)15-31(27(24)33)21(4)18-32/h6-7,11-14,19-21,25,32H,9,15-18H2,1-5H3/t20-,21+,25-/m1/s1. The van der Waals surface area contributed by atoms with Gasteiger partial charge in [-0.15, -0.1) is 0 Å². The van der Waals surface area contributed by atoms with Crippen molar-refractivity contribution >= 4 is 5.91 Å². The Morgan fingerprint density at radius 1 is 1.29 bits per heavy atom. The number of rotatable bonds is 7. The number of fused-ring (bicyclic) bond motifs is 1. The van der Waals surface area contributed by atoms with E-state index < -0.39 is 0 Å². The Hall–Kier alpha value is -2.95. The number of aliphatic hydroxyl groups excluding tert-OH is 1. The summed E-state index contributed by atoms with van der Waals surface area (Å²) in [5.41, 5.74) is 2.06. The van der Waals surface area contributed by atoms with Gasteiger partial charge < -0.3 is 14.7 Å². The van der Waals surface area contributed by atoms with E-state index in [1.807, 2.05) is 32.2 Å². The minimum absolute atomic E-state index is 0.0320. The molecule has 0 bridgehead atoms. The third kappa shape index (κ3) is 6.78. The van der Waals surface area contributed by atoms with Crippen LogP contribution in [-0.4, -0.2) is 69.7 Å². The van der Waals surface area contributed by atoms with Crippen LogP contribution in [-0.2, 0) is 6.54 Å². The molecule has 1 aliphatic heterocycles. The Bertz CT molecular complexity index is 1020. The molecule has 7 heteroatoms. The summed E-state index contributed by atoms with van der Waals surface area (Å²) in [5.74, 6) is 6.90. The molecule has 0 aromatic carbocycles. The van der Waals surface area contributed by atoms with E-state index >= 15 is 0 Å². The number of nitrogens with zero attached hydrogens (tertiary/aromatic N) is 4. The Morgan fingerprint density at radius 2 is 2.09 bits per heavy atom. The molecule has 3 rings (SSSR count). The van der Waals surface area contributed by atoms with Crippen LogP contribution in [0.3, 0.4) is 0 Å². The fourth-order valence-electron chi connectivity index (χ4n) is 3.89. The van der Waals surface area contributed by atoms with E-state index in [9.17, 15) is 9.90 Å². The smallest absolute Gasteiger partial charge is 0.259 e. The number of pyridine rings is 2. The van der Waals surface area contributed by atoms with Gasteiger partial charge in [0.25, 0.3) is 5.91 Å². The molecule has 1 amide bonds. The lowest BCUT2D eigenvalue weighted by molar-refractivity contribution is 0.0324. The normalized spacial score (nSPS) is 19.1. The summed E-state index contributed by atoms with van der Waals surface area (Å²) in [6.45, 7) is 9.86. The monoisotopic (exact) mass is 464 g/mol. The molecular formula is C27H36N4O3. The van der Waals surface area contributed by atoms with E-state index in [2.05, 4.69) is 47.5 Å². The number of likely N-dealkylation sites (N-methyl/N-ethyl adjacent to an activating group) is 1. The molecule has 0 saturated carbocycles. The Kier molecular flexibility index (Phi) is 9.03. The molecule has 0 unspecified atom stereocenters. The molecule has 182 valence electrons. The summed E-state index contributed by atoms with van der Waals surface area (Å²) in [4.78, 5) is 26.3. The highest BCUT2D eigenvalue weighted by Gasteiger charge is 2.34. The van der Waals surface area contributed by atoms with Gasteiger partial charge in [0.15, 0.2) is 0 Å². The third-order valence-corrected chi connectivity index (χ3v) is 5.91. The summed E-state index contributed by atoms with van der Waals surface area (Å²) < 4.78 is 6.36. The topological polar surface area (TPSA) is 78.8 Å². The molecular weight excluding hydrogens is 428 g/mol. The van der Waals surface area contributed by atoms with Gasteiger partial charge in [0.1, 0.15) is 11.7 Å². The van der Waals surface area contributed by atoms with E-state index in [4.69, 9.17) is 4.74 Å². The first kappa shape index (κ1) is 25.7. The Morgan fingerprint density at radius 3 is 2.76 bits per heavy atom. The van der Waals surface area contributed by atoms with Gasteiger partial charge in [-0.1, -0.05) is 38.7 Å². The van der Waals surface area contributed by atoms with Crippen LogP contribution in [0.5, 0.6) is 5.88 Å². The first-order chi connectivity index (χ1) is 16.3. The zero-order valence-electron chi connectivity index (χ0n) is 20.9. The molecule has 2 aromatic heterocycles. The maximum atomic E-state index is 13.5. The molecule has 2 aromatic rings. The fraction of sp³-hybridized carbons (Fsp3) is 0.519. The van der Waals surface area contributed by atoms with Crippen molar-refractivity contribution < 1.29 is 14.6 Å². The van der Waals surface area contributed by atoms with E-state index in [-0.39, 0.29) is 30.6 Å². The lowest BCUT2D eigenvalue weighted by Gasteiger charge is -2.37. The van der Waals surface area contributed by atoms with Crippen molar-refractivity contribution in [3.8, 4) is 17.7 Å². The number of hydrogen-bond donors (Lipinski definition) is 1. The second-order valence-corrected chi connectivity index (χ2v) is 9.62. The van der Waals surface area contributed by atoms with Crippen LogP contribution >= 0.6 is 0 Å². The van der Waals surface area contributed by atoms with Crippen molar-refractivity contribution in [2.45, 2.75) is 52.8 Å². The Balaban J connectivity index is 1.89. The number of hydrogen-bond acceptors (Lipinski definition) is 6. The molecule has 0 radical (unpaired) electrons. The minimum atomic E-state index is -0.316. The third-order valence-electron chi connectivity index (χ3n) is 5.91. The predicted octanol–water partition coefficient (Wildman–Crippen LogP) is 3.23. The highest BCUT2D eigenvalue weighted by molar-refractivity contribution is 5.97. The lowest BCUT2D eigenvalue weighted by Crippen LogP contribution is -2.49. The van der Waals surface area contributed by atoms with Crippen LogP contribution in [0.2, 0.25) is 0 Å². The number of carbonyl (C=O) groups excluding carboxylic acids is 1. The van der Waals surface area contributed by atoms with Gasteiger partial charge in [-0.3, -0.25) is 14.7 Å². The zero-order chi connectivity index (χ0) is 24.7. The van der Waals surface area contributed by atoms with Gasteiger partial charge in [-0.2, -0.15) is 0 Å². The molecule has 7 nitrogen and oxygen atoms in total. The van der Waals surface area contributed by atoms with Crippen molar-refractivity contribution in [1.29, 1.82) is 0 Å². The first-order valence-corrected chi connectivity index (χ1v) is 11.9. The minimum Gasteiger partial charge on any atom is -0.472 e. The molecule has 34 heavy (non-hydrogen) atoms. The van der Waals surface area contributed by atoms with E-state index in [1.165, 1.54) is 0 Å². The predicted molar refractivity (Wildman–Crippen MR) is 132 cm³/mol. The van der Waals surface area contributed by atoms with Gasteiger partial charge in [0.05, 0.1) is 18.3 Å². The molecule has 0 spiro atoms. The fourth-order valence-corrected chi connectivity index (χ4v) is 3.89. The number of carbonyl (C=O) groups is 1. The quantitative estimate of drug-likeness (QED) is 0.634. The molecule has 3 atom stereocenters. The maximum Gasteiger partial charge on any atom is 0.259 e. The highest BCUT2D eigenvalue weighted by Crippen LogP contribution is 2.27. The van der Waals surface area contributed by atoms with Gasteiger partial charge in [0, 0.05) is 49.9 Å². The number of aliphatic hydroxyl groups is 1. The van der Waals surface area contributed by atoms with E-state index in [0.29, 0.717) is 42.6 Å². The second-order valence-electron chi connectivity index (χ2n) is 9.62. The number of amides is 1. The molecule has 0 aliphatic carbocycles. The summed E-state index contributed by atoms with van der Waals surface area (Å²) in [5, 5.41) is 9.82. The van der Waals surface area contributed by atoms with Crippen LogP contribution in [0.25, 0.3) is 0 Å². The van der Waals surface area contributed by atoms with Crippen LogP contribution in [0.15, 0.2) is 36.7 Å². The zero-order valence-corrected chi connectivity index (χ0v) is 20.9. The van der Waals surface area contributed by atoms with Crippen LogP contribution < -0.4 is 4.74 Å². The van der Waals surface area contributed by atoms with Gasteiger partial charge in [-0.25, -0.2) is 4.98 Å². The maximum absolute atomic E-state index is 13.5. The van der Waals surface area contributed by atoms with Gasteiger partial charge in [0.2, 0.25) is 5.88 Å². The second kappa shape index (κ2) is 12.0. The molecule has 0 fully saturated rings. The molecule has 0 saturated heterocycles. The summed E-state index contributed by atoms with van der Waals surface area (Å²) in [6, 6.07) is 7.33. The SMILES string of the molecule is CC(C)CC#Cc1cnc2c(c1)C(=O)N([C@@H](C)CO)C[C@@H](C)[C@@H](CN(C)Cc1ccccn1)O2. The average Bonchev–Trinajstić information content (AvgIpc) is 2.81. The van der Waals surface area contributed by atoms with Crippen molar-refractivity contribution in [3.05, 3.63) is 53.5 Å². The van der Waals surface area contributed by atoms with Crippen molar-refractivity contribution in [1.82, 2.24) is 19.8 Å². The summed E-state index contributed by atoms with van der Waals surface area (Å²) >= 11 is 0. The summed E-state index contributed by atoms with van der Waals surface area (Å²) in [7, 11) is 2.03. The molecule has 3 heterocycles. The average molecular weight is 465 g/mol. The Labute approximate surface area is 203 Å². The van der Waals surface area contributed by atoms with E-state index in [0.717, 1.165) is 12.1 Å². The van der Waals surface area contributed by atoms with Crippen LogP contribution in [0.1, 0.15) is 55.7 Å². The van der Waals surface area contributed by atoms with Crippen LogP contribution in [0, 0.1) is 23.7 Å². The van der Waals surface area contributed by atoms with Crippen molar-refractivity contribution in [3.63, 3.8) is 0 Å². The molecule has 1 N–H and O–H groups in total. The van der Waals surface area contributed by atoms with E-state index in [1.54, 1.807) is 23.4 Å². The largest absolute Gasteiger partial charge is 0.472 e. The number of aromatic nitrogens is 2. The first-order valence-electron chi connectivity index (χ1n) is 11.9. The molecule has 1 aliphatic rings. The van der Waals surface area contributed by atoms with Crippen molar-refractivity contribution in [2.24, 2.45) is 11.8 Å². The number of ether oxygens (including phenoxy) is 1. The van der Waals surface area contributed by atoms with Gasteiger partial charge in [-0.05, 0) is 38.1 Å². The van der Waals surface area contributed by atoms with Gasteiger partial charge >= 0.3 is 0 Å². The highest BCUT2D eigenvalue weighted by atomic mass is 16.5.